The molecule has 1 fully saturated rings. The van der Waals surface area contributed by atoms with Crippen LogP contribution in [0.1, 0.15) is 16.7 Å². The predicted molar refractivity (Wildman–Crippen MR) is 66.0 cm³/mol. The number of hydrogen-bond donors (Lipinski definition) is 1. The van der Waals surface area contributed by atoms with Gasteiger partial charge in [-0.2, -0.15) is 0 Å². The molecule has 0 radical (unpaired) electrons. The van der Waals surface area contributed by atoms with Gasteiger partial charge in [0.05, 0.1) is 12.2 Å². The minimum Gasteiger partial charge on any atom is -0.345 e. The molecule has 1 heterocycles. The second-order valence-electron chi connectivity index (χ2n) is 4.50. The molecule has 1 aromatic carbocycles. The van der Waals surface area contributed by atoms with Crippen molar-refractivity contribution < 1.29 is 9.59 Å². The third kappa shape index (κ3) is 2.16. The van der Waals surface area contributed by atoms with Crippen molar-refractivity contribution in [3.63, 3.8) is 0 Å². The third-order valence-corrected chi connectivity index (χ3v) is 2.94. The van der Waals surface area contributed by atoms with Crippen LogP contribution in [0.15, 0.2) is 12.1 Å². The summed E-state index contributed by atoms with van der Waals surface area (Å²) in [5, 5.41) is 2.55. The molecule has 1 saturated heterocycles. The molecule has 90 valence electrons. The van der Waals surface area contributed by atoms with Crippen molar-refractivity contribution in [2.24, 2.45) is 0 Å². The van der Waals surface area contributed by atoms with Gasteiger partial charge in [0.2, 0.25) is 11.8 Å². The Balaban J connectivity index is 2.45. The van der Waals surface area contributed by atoms with Gasteiger partial charge in [0, 0.05) is 0 Å². The lowest BCUT2D eigenvalue weighted by molar-refractivity contribution is -0.128. The molecule has 0 aliphatic carbocycles. The number of piperazine rings is 1. The van der Waals surface area contributed by atoms with Crippen LogP contribution in [-0.2, 0) is 9.59 Å². The summed E-state index contributed by atoms with van der Waals surface area (Å²) in [6.45, 7) is 6.16. The minimum absolute atomic E-state index is 0.0559. The number of aryl methyl sites for hydroxylation is 3. The van der Waals surface area contributed by atoms with Gasteiger partial charge in [-0.05, 0) is 31.9 Å². The number of anilines is 1. The number of amides is 2. The molecule has 0 atom stereocenters. The number of benzene rings is 1. The van der Waals surface area contributed by atoms with Crippen LogP contribution in [0.25, 0.3) is 0 Å². The van der Waals surface area contributed by atoms with E-state index in [0.717, 1.165) is 22.4 Å². The van der Waals surface area contributed by atoms with Crippen molar-refractivity contribution in [3.05, 3.63) is 28.8 Å². The van der Waals surface area contributed by atoms with E-state index >= 15 is 0 Å². The van der Waals surface area contributed by atoms with E-state index in [1.165, 1.54) is 0 Å². The van der Waals surface area contributed by atoms with Crippen LogP contribution >= 0.6 is 0 Å². The number of nitrogens with one attached hydrogen (secondary N) is 1. The lowest BCUT2D eigenvalue weighted by Crippen LogP contribution is -2.52. The molecule has 0 saturated carbocycles. The van der Waals surface area contributed by atoms with E-state index in [-0.39, 0.29) is 24.9 Å². The van der Waals surface area contributed by atoms with Crippen LogP contribution in [0.3, 0.4) is 0 Å². The summed E-state index contributed by atoms with van der Waals surface area (Å²) in [7, 11) is 0. The van der Waals surface area contributed by atoms with E-state index in [0.29, 0.717) is 0 Å². The van der Waals surface area contributed by atoms with Crippen LogP contribution in [0.4, 0.5) is 5.69 Å². The second-order valence-corrected chi connectivity index (χ2v) is 4.50. The Kier molecular flexibility index (Phi) is 2.88. The summed E-state index contributed by atoms with van der Waals surface area (Å²) in [4.78, 5) is 24.8. The Labute approximate surface area is 101 Å². The van der Waals surface area contributed by atoms with Gasteiger partial charge >= 0.3 is 0 Å². The average molecular weight is 232 g/mol. The first-order valence-corrected chi connectivity index (χ1v) is 5.64. The van der Waals surface area contributed by atoms with Crippen LogP contribution in [-0.4, -0.2) is 24.9 Å². The van der Waals surface area contributed by atoms with Crippen molar-refractivity contribution in [2.45, 2.75) is 20.8 Å². The number of carbonyl (C=O) groups excluding carboxylic acids is 2. The maximum Gasteiger partial charge on any atom is 0.246 e. The topological polar surface area (TPSA) is 49.4 Å². The van der Waals surface area contributed by atoms with Crippen LogP contribution < -0.4 is 10.2 Å². The van der Waals surface area contributed by atoms with Gasteiger partial charge in [0.25, 0.3) is 0 Å². The zero-order valence-electron chi connectivity index (χ0n) is 10.3. The molecule has 0 bridgehead atoms. The van der Waals surface area contributed by atoms with E-state index in [1.807, 2.05) is 32.9 Å². The molecule has 1 aliphatic heterocycles. The summed E-state index contributed by atoms with van der Waals surface area (Å²) >= 11 is 0. The fraction of sp³-hybridized carbons (Fsp3) is 0.385. The Morgan fingerprint density at radius 1 is 1.12 bits per heavy atom. The molecular formula is C13H16N2O2. The lowest BCUT2D eigenvalue weighted by atomic mass is 10.0. The molecule has 0 aromatic heterocycles. The molecule has 1 aromatic rings. The largest absolute Gasteiger partial charge is 0.345 e. The van der Waals surface area contributed by atoms with Crippen LogP contribution in [0, 0.1) is 20.8 Å². The maximum atomic E-state index is 11.8. The molecule has 1 N–H and O–H groups in total. The van der Waals surface area contributed by atoms with E-state index in [4.69, 9.17) is 0 Å². The molecule has 2 amide bonds. The maximum absolute atomic E-state index is 11.8. The predicted octanol–water partition coefficient (Wildman–Crippen LogP) is 1.07. The first-order chi connectivity index (χ1) is 7.99. The minimum atomic E-state index is -0.107. The quantitative estimate of drug-likeness (QED) is 0.787. The Hall–Kier alpha value is -1.84. The molecule has 1 aliphatic rings. The standard InChI is InChI=1S/C13H16N2O2/c1-8-4-9(2)13(10(3)5-8)15-7-11(16)14-6-12(15)17/h4-5H,6-7H2,1-3H3,(H,14,16). The normalized spacial score (nSPS) is 16.1. The summed E-state index contributed by atoms with van der Waals surface area (Å²) in [5.41, 5.74) is 4.10. The van der Waals surface area contributed by atoms with E-state index in [1.54, 1.807) is 4.90 Å². The number of nitrogens with zero attached hydrogens (tertiary/aromatic N) is 1. The third-order valence-electron chi connectivity index (χ3n) is 2.94. The Morgan fingerprint density at radius 3 is 2.29 bits per heavy atom. The lowest BCUT2D eigenvalue weighted by Gasteiger charge is -2.29. The fourth-order valence-electron chi connectivity index (χ4n) is 2.36. The van der Waals surface area contributed by atoms with Crippen molar-refractivity contribution >= 4 is 17.5 Å². The first-order valence-electron chi connectivity index (χ1n) is 5.64. The van der Waals surface area contributed by atoms with Gasteiger partial charge < -0.3 is 10.2 Å². The molecule has 2 rings (SSSR count). The van der Waals surface area contributed by atoms with Crippen molar-refractivity contribution in [2.75, 3.05) is 18.0 Å². The number of hydrogen-bond acceptors (Lipinski definition) is 2. The summed E-state index contributed by atoms with van der Waals surface area (Å²) in [6, 6.07) is 4.06. The smallest absolute Gasteiger partial charge is 0.246 e. The van der Waals surface area contributed by atoms with E-state index in [9.17, 15) is 9.59 Å². The van der Waals surface area contributed by atoms with Crippen molar-refractivity contribution in [3.8, 4) is 0 Å². The Morgan fingerprint density at radius 2 is 1.71 bits per heavy atom. The monoisotopic (exact) mass is 232 g/mol. The van der Waals surface area contributed by atoms with E-state index < -0.39 is 0 Å². The average Bonchev–Trinajstić information content (AvgIpc) is 2.21. The van der Waals surface area contributed by atoms with Crippen LogP contribution in [0.2, 0.25) is 0 Å². The first kappa shape index (κ1) is 11.6. The summed E-state index contributed by atoms with van der Waals surface area (Å²) in [5.74, 6) is -0.163. The molecule has 0 unspecified atom stereocenters. The summed E-state index contributed by atoms with van der Waals surface area (Å²) in [6.07, 6.45) is 0. The van der Waals surface area contributed by atoms with Gasteiger partial charge in [-0.25, -0.2) is 0 Å². The second kappa shape index (κ2) is 4.20. The van der Waals surface area contributed by atoms with Gasteiger partial charge in [0.1, 0.15) is 6.54 Å². The van der Waals surface area contributed by atoms with Gasteiger partial charge in [-0.15, -0.1) is 0 Å². The molecule has 4 nitrogen and oxygen atoms in total. The Bertz CT molecular complexity index is 471. The zero-order chi connectivity index (χ0) is 12.6. The van der Waals surface area contributed by atoms with Crippen molar-refractivity contribution in [1.82, 2.24) is 5.32 Å². The van der Waals surface area contributed by atoms with E-state index in [2.05, 4.69) is 5.32 Å². The fourth-order valence-corrected chi connectivity index (χ4v) is 2.36. The van der Waals surface area contributed by atoms with Gasteiger partial charge in [0.15, 0.2) is 0 Å². The number of rotatable bonds is 1. The summed E-state index contributed by atoms with van der Waals surface area (Å²) < 4.78 is 0. The molecule has 17 heavy (non-hydrogen) atoms. The highest BCUT2D eigenvalue weighted by Gasteiger charge is 2.26. The SMILES string of the molecule is Cc1cc(C)c(N2CC(=O)NCC2=O)c(C)c1. The van der Waals surface area contributed by atoms with Gasteiger partial charge in [-0.3, -0.25) is 9.59 Å². The van der Waals surface area contributed by atoms with Crippen molar-refractivity contribution in [1.29, 1.82) is 0 Å². The van der Waals surface area contributed by atoms with Gasteiger partial charge in [-0.1, -0.05) is 17.7 Å². The zero-order valence-corrected chi connectivity index (χ0v) is 10.3. The molecular weight excluding hydrogens is 216 g/mol. The van der Waals surface area contributed by atoms with Crippen LogP contribution in [0.5, 0.6) is 0 Å². The highest BCUT2D eigenvalue weighted by molar-refractivity contribution is 6.05. The molecule has 4 heteroatoms. The highest BCUT2D eigenvalue weighted by Crippen LogP contribution is 2.26. The highest BCUT2D eigenvalue weighted by atomic mass is 16.2. The number of carbonyl (C=O) groups is 2. The molecule has 0 spiro atoms.